The molecule has 0 unspecified atom stereocenters. The zero-order chi connectivity index (χ0) is 22.9. The molecule has 34 heavy (non-hydrogen) atoms. The monoisotopic (exact) mass is 479 g/mol. The Labute approximate surface area is 203 Å². The number of esters is 1. The van der Waals surface area contributed by atoms with E-state index in [9.17, 15) is 4.79 Å². The maximum atomic E-state index is 12.7. The highest BCUT2D eigenvalue weighted by Gasteiger charge is 2.46. The van der Waals surface area contributed by atoms with E-state index in [0.29, 0.717) is 12.2 Å². The van der Waals surface area contributed by atoms with Gasteiger partial charge in [0.1, 0.15) is 5.56 Å². The van der Waals surface area contributed by atoms with Gasteiger partial charge in [-0.3, -0.25) is 10.5 Å². The van der Waals surface area contributed by atoms with Gasteiger partial charge in [0.2, 0.25) is 0 Å². The molecule has 5 rings (SSSR count). The van der Waals surface area contributed by atoms with E-state index in [4.69, 9.17) is 10.6 Å². The van der Waals surface area contributed by atoms with Crippen LogP contribution in [0.1, 0.15) is 46.9 Å². The number of nitrogens with one attached hydrogen (secondary N) is 1. The van der Waals surface area contributed by atoms with Crippen LogP contribution in [0, 0.1) is 0 Å². The van der Waals surface area contributed by atoms with Crippen LogP contribution in [-0.4, -0.2) is 37.4 Å². The number of aromatic nitrogens is 5. The zero-order valence-electron chi connectivity index (χ0n) is 18.9. The van der Waals surface area contributed by atoms with Crippen LogP contribution in [0.15, 0.2) is 60.9 Å². The van der Waals surface area contributed by atoms with Crippen molar-refractivity contribution < 1.29 is 9.53 Å². The highest BCUT2D eigenvalue weighted by molar-refractivity contribution is 5.91. The predicted octanol–water partition coefficient (Wildman–Crippen LogP) is 3.82. The summed E-state index contributed by atoms with van der Waals surface area (Å²) in [6, 6.07) is 15.9. The molecule has 2 atom stereocenters. The summed E-state index contributed by atoms with van der Waals surface area (Å²) in [5.41, 5.74) is 8.68. The summed E-state index contributed by atoms with van der Waals surface area (Å²) in [7, 11) is 1.85. The largest absolute Gasteiger partial charge is 0.462 e. The summed E-state index contributed by atoms with van der Waals surface area (Å²) in [6.07, 6.45) is 4.40. The molecule has 1 saturated carbocycles. The number of nitrogens with two attached hydrogens (primary N) is 1. The van der Waals surface area contributed by atoms with Crippen molar-refractivity contribution in [3.63, 3.8) is 0 Å². The van der Waals surface area contributed by atoms with Crippen molar-refractivity contribution in [2.24, 2.45) is 12.9 Å². The predicted molar refractivity (Wildman–Crippen MR) is 131 cm³/mol. The van der Waals surface area contributed by atoms with Gasteiger partial charge in [-0.1, -0.05) is 29.5 Å². The fourth-order valence-electron chi connectivity index (χ4n) is 4.25. The first-order chi connectivity index (χ1) is 16.1. The Kier molecular flexibility index (Phi) is 6.67. The van der Waals surface area contributed by atoms with Gasteiger partial charge in [-0.2, -0.15) is 5.10 Å². The lowest BCUT2D eigenvalue weighted by molar-refractivity contribution is 0.0525. The maximum absolute atomic E-state index is 12.7. The summed E-state index contributed by atoms with van der Waals surface area (Å²) < 4.78 is 8.86. The van der Waals surface area contributed by atoms with E-state index in [2.05, 4.69) is 26.9 Å². The number of aryl methyl sites for hydroxylation is 1. The number of nitrogen functional groups attached to an aromatic ring is 1. The minimum Gasteiger partial charge on any atom is -0.462 e. The van der Waals surface area contributed by atoms with Crippen molar-refractivity contribution >= 4 is 24.1 Å². The van der Waals surface area contributed by atoms with E-state index in [1.165, 1.54) is 0 Å². The smallest absolute Gasteiger partial charge is 0.341 e. The third-order valence-electron chi connectivity index (χ3n) is 5.90. The van der Waals surface area contributed by atoms with Crippen molar-refractivity contribution in [2.75, 3.05) is 12.0 Å². The molecule has 1 aliphatic rings. The minimum absolute atomic E-state index is 0. The van der Waals surface area contributed by atoms with Crippen LogP contribution in [0.2, 0.25) is 0 Å². The summed E-state index contributed by atoms with van der Waals surface area (Å²) in [6.45, 7) is 2.11. The third-order valence-corrected chi connectivity index (χ3v) is 5.90. The quantitative estimate of drug-likeness (QED) is 0.235. The van der Waals surface area contributed by atoms with Crippen molar-refractivity contribution in [3.8, 4) is 16.8 Å². The first-order valence-electron chi connectivity index (χ1n) is 10.9. The lowest BCUT2D eigenvalue weighted by Gasteiger charge is -2.12. The molecule has 2 aromatic carbocycles. The number of ether oxygens (including phenoxy) is 1. The second kappa shape index (κ2) is 9.66. The number of hydrogen-bond donors (Lipinski definition) is 2. The van der Waals surface area contributed by atoms with Crippen molar-refractivity contribution in [1.82, 2.24) is 24.8 Å². The lowest BCUT2D eigenvalue weighted by atomic mass is 10.0. The Hall–Kier alpha value is -3.69. The highest BCUT2D eigenvalue weighted by atomic mass is 35.5. The Balaban J connectivity index is 0.00000274. The molecule has 2 aromatic heterocycles. The number of benzene rings is 2. The number of halogens is 1. The number of carbonyl (C=O) groups excluding carboxylic acids is 1. The van der Waals surface area contributed by atoms with Crippen LogP contribution in [0.3, 0.4) is 0 Å². The summed E-state index contributed by atoms with van der Waals surface area (Å²) >= 11 is 0. The SMILES string of the molecule is CCOC(=O)c1cnn(-c2cccc(-c3cccc(NN)c3)c2)c1[C@H]1C[C@@H]1c1cn(C)nn1.Cl. The van der Waals surface area contributed by atoms with Crippen molar-refractivity contribution in [2.45, 2.75) is 25.2 Å². The molecule has 1 aliphatic carbocycles. The van der Waals surface area contributed by atoms with E-state index in [-0.39, 0.29) is 30.2 Å². The van der Waals surface area contributed by atoms with Crippen LogP contribution >= 0.6 is 12.4 Å². The molecule has 1 fully saturated rings. The number of nitrogens with zero attached hydrogens (tertiary/aromatic N) is 5. The lowest BCUT2D eigenvalue weighted by Crippen LogP contribution is -2.09. The molecule has 176 valence electrons. The fourth-order valence-corrected chi connectivity index (χ4v) is 4.25. The Morgan fingerprint density at radius 3 is 2.65 bits per heavy atom. The summed E-state index contributed by atoms with van der Waals surface area (Å²) in [4.78, 5) is 12.7. The molecule has 0 aliphatic heterocycles. The van der Waals surface area contributed by atoms with Crippen LogP contribution in [-0.2, 0) is 11.8 Å². The van der Waals surface area contributed by atoms with Gasteiger partial charge in [-0.05, 0) is 48.7 Å². The van der Waals surface area contributed by atoms with Gasteiger partial charge in [0.05, 0.1) is 29.9 Å². The molecular formula is C24H26ClN7O2. The molecule has 0 bridgehead atoms. The average Bonchev–Trinajstić information content (AvgIpc) is 3.29. The van der Waals surface area contributed by atoms with Gasteiger partial charge in [0, 0.05) is 30.8 Å². The van der Waals surface area contributed by atoms with E-state index in [1.54, 1.807) is 17.8 Å². The van der Waals surface area contributed by atoms with Gasteiger partial charge in [-0.15, -0.1) is 17.5 Å². The Morgan fingerprint density at radius 2 is 1.94 bits per heavy atom. The van der Waals surface area contributed by atoms with Gasteiger partial charge in [0.25, 0.3) is 0 Å². The molecule has 3 N–H and O–H groups in total. The molecule has 10 heteroatoms. The standard InChI is InChI=1S/C24H25N7O2.ClH/c1-3-33-24(32)21-13-26-31(23(21)20-12-19(20)22-14-30(2)29-28-22)18-9-5-7-16(11-18)15-6-4-8-17(10-15)27-25;/h4-11,13-14,19-20,27H,3,12,25H2,1-2H3;1H/t19-,20-;/m0./s1. The van der Waals surface area contributed by atoms with Crippen LogP contribution in [0.25, 0.3) is 16.8 Å². The van der Waals surface area contributed by atoms with Crippen LogP contribution in [0.4, 0.5) is 5.69 Å². The number of carbonyl (C=O) groups is 1. The topological polar surface area (TPSA) is 113 Å². The molecule has 2 heterocycles. The van der Waals surface area contributed by atoms with Gasteiger partial charge >= 0.3 is 5.97 Å². The van der Waals surface area contributed by atoms with Crippen LogP contribution in [0.5, 0.6) is 0 Å². The molecule has 4 aromatic rings. The number of rotatable bonds is 7. The highest BCUT2D eigenvalue weighted by Crippen LogP contribution is 2.55. The van der Waals surface area contributed by atoms with Gasteiger partial charge in [-0.25, -0.2) is 9.48 Å². The second-order valence-electron chi connectivity index (χ2n) is 8.12. The van der Waals surface area contributed by atoms with Crippen molar-refractivity contribution in [1.29, 1.82) is 0 Å². The first-order valence-corrected chi connectivity index (χ1v) is 10.9. The Bertz CT molecular complexity index is 1320. The molecule has 9 nitrogen and oxygen atoms in total. The van der Waals surface area contributed by atoms with E-state index < -0.39 is 0 Å². The van der Waals surface area contributed by atoms with Crippen LogP contribution < -0.4 is 11.3 Å². The molecular weight excluding hydrogens is 454 g/mol. The number of hydrogen-bond acceptors (Lipinski definition) is 7. The fraction of sp³-hybridized carbons (Fsp3) is 0.250. The number of anilines is 1. The normalized spacial score (nSPS) is 16.6. The van der Waals surface area contributed by atoms with E-state index >= 15 is 0 Å². The second-order valence-corrected chi connectivity index (χ2v) is 8.12. The zero-order valence-corrected chi connectivity index (χ0v) is 19.7. The average molecular weight is 480 g/mol. The molecule has 0 radical (unpaired) electrons. The molecule has 0 spiro atoms. The first kappa shape index (κ1) is 23.5. The summed E-state index contributed by atoms with van der Waals surface area (Å²) in [5.74, 6) is 5.52. The van der Waals surface area contributed by atoms with Gasteiger partial charge in [0.15, 0.2) is 0 Å². The number of hydrazine groups is 1. The van der Waals surface area contributed by atoms with E-state index in [0.717, 1.165) is 40.3 Å². The van der Waals surface area contributed by atoms with Crippen molar-refractivity contribution in [3.05, 3.63) is 77.9 Å². The molecule has 0 amide bonds. The Morgan fingerprint density at radius 1 is 1.18 bits per heavy atom. The van der Waals surface area contributed by atoms with E-state index in [1.807, 2.05) is 60.4 Å². The summed E-state index contributed by atoms with van der Waals surface area (Å²) in [5, 5.41) is 12.9. The molecule has 0 saturated heterocycles. The maximum Gasteiger partial charge on any atom is 0.341 e. The third kappa shape index (κ3) is 4.40. The minimum atomic E-state index is -0.360. The van der Waals surface area contributed by atoms with Gasteiger partial charge < -0.3 is 10.2 Å².